The molecule has 0 radical (unpaired) electrons. The molecule has 0 aliphatic rings. The van der Waals surface area contributed by atoms with Gasteiger partial charge in [0.05, 0.1) is 11.5 Å². The van der Waals surface area contributed by atoms with Crippen molar-refractivity contribution in [3.63, 3.8) is 0 Å². The van der Waals surface area contributed by atoms with E-state index >= 15 is 0 Å². The van der Waals surface area contributed by atoms with Gasteiger partial charge in [0.1, 0.15) is 5.69 Å². The molecule has 76 valence electrons. The number of aryl methyl sites for hydroxylation is 1. The number of hydrogen-bond donors (Lipinski definition) is 0. The lowest BCUT2D eigenvalue weighted by atomic mass is 10.4. The summed E-state index contributed by atoms with van der Waals surface area (Å²) in [6.07, 6.45) is 0. The summed E-state index contributed by atoms with van der Waals surface area (Å²) in [5, 5.41) is 10.6. The molecule has 0 bridgehead atoms. The summed E-state index contributed by atoms with van der Waals surface area (Å²) >= 11 is 5.54. The molecule has 14 heavy (non-hydrogen) atoms. The first kappa shape index (κ1) is 10.6. The average Bonchev–Trinajstić information content (AvgIpc) is 2.01. The maximum atomic E-state index is 10.6. The number of rotatable bonds is 3. The van der Waals surface area contributed by atoms with E-state index < -0.39 is 4.92 Å². The molecule has 1 aromatic heterocycles. The fraction of sp³-hybridized carbons (Fsp3) is 0.429. The lowest BCUT2D eigenvalue weighted by Gasteiger charge is -2.04. The van der Waals surface area contributed by atoms with Gasteiger partial charge >= 0.3 is 5.69 Å². The molecule has 1 rings (SSSR count). The first-order chi connectivity index (χ1) is 6.56. The molecular weight excluding hydrogens is 210 g/mol. The molecule has 0 spiro atoms. The van der Waals surface area contributed by atoms with Crippen LogP contribution in [0, 0.1) is 17.0 Å². The highest BCUT2D eigenvalue weighted by atomic mass is 35.5. The van der Waals surface area contributed by atoms with Gasteiger partial charge in [-0.3, -0.25) is 10.1 Å². The second-order valence-electron chi connectivity index (χ2n) is 2.42. The highest BCUT2D eigenvalue weighted by Crippen LogP contribution is 2.28. The van der Waals surface area contributed by atoms with E-state index in [1.165, 1.54) is 6.92 Å². The summed E-state index contributed by atoms with van der Waals surface area (Å²) in [5.41, 5.74) is -0.0466. The molecule has 0 saturated carbocycles. The summed E-state index contributed by atoms with van der Waals surface area (Å²) in [6, 6.07) is 0. The van der Waals surface area contributed by atoms with Crippen molar-refractivity contribution in [2.75, 3.05) is 6.61 Å². The first-order valence-electron chi connectivity index (χ1n) is 3.87. The Morgan fingerprint density at radius 3 is 2.71 bits per heavy atom. The highest BCUT2D eigenvalue weighted by Gasteiger charge is 2.22. The van der Waals surface area contributed by atoms with Crippen LogP contribution in [0.3, 0.4) is 0 Å². The Hall–Kier alpha value is -1.43. The van der Waals surface area contributed by atoms with Crippen molar-refractivity contribution in [3.05, 3.63) is 21.1 Å². The molecule has 0 fully saturated rings. The van der Waals surface area contributed by atoms with E-state index in [1.54, 1.807) is 6.92 Å². The largest absolute Gasteiger partial charge is 0.473 e. The van der Waals surface area contributed by atoms with Gasteiger partial charge < -0.3 is 4.74 Å². The van der Waals surface area contributed by atoms with Crippen molar-refractivity contribution in [2.45, 2.75) is 13.8 Å². The SMILES string of the molecule is CCOc1nc(Cl)nc(C)c1[N+](=O)[O-]. The van der Waals surface area contributed by atoms with Crippen molar-refractivity contribution in [3.8, 4) is 5.88 Å². The lowest BCUT2D eigenvalue weighted by molar-refractivity contribution is -0.387. The van der Waals surface area contributed by atoms with Crippen LogP contribution in [0.25, 0.3) is 0 Å². The Kier molecular flexibility index (Phi) is 3.19. The topological polar surface area (TPSA) is 78.2 Å². The lowest BCUT2D eigenvalue weighted by Crippen LogP contribution is -2.03. The van der Waals surface area contributed by atoms with Crippen LogP contribution in [-0.4, -0.2) is 21.5 Å². The number of ether oxygens (including phenoxy) is 1. The van der Waals surface area contributed by atoms with Gasteiger partial charge in [-0.15, -0.1) is 0 Å². The van der Waals surface area contributed by atoms with E-state index in [4.69, 9.17) is 16.3 Å². The van der Waals surface area contributed by atoms with Crippen LogP contribution >= 0.6 is 11.6 Å². The van der Waals surface area contributed by atoms with Gasteiger partial charge in [0.25, 0.3) is 5.88 Å². The molecule has 0 saturated heterocycles. The minimum atomic E-state index is -0.587. The fourth-order valence-electron chi connectivity index (χ4n) is 0.955. The van der Waals surface area contributed by atoms with Crippen molar-refractivity contribution >= 4 is 17.3 Å². The zero-order valence-corrected chi connectivity index (χ0v) is 8.41. The van der Waals surface area contributed by atoms with Crippen molar-refractivity contribution in [2.24, 2.45) is 0 Å². The first-order valence-corrected chi connectivity index (χ1v) is 4.25. The van der Waals surface area contributed by atoms with Gasteiger partial charge in [-0.2, -0.15) is 4.98 Å². The van der Waals surface area contributed by atoms with Crippen molar-refractivity contribution in [1.82, 2.24) is 9.97 Å². The molecule has 0 aromatic carbocycles. The summed E-state index contributed by atoms with van der Waals surface area (Å²) < 4.78 is 4.98. The monoisotopic (exact) mass is 217 g/mol. The molecular formula is C7H8ClN3O3. The molecule has 1 aromatic rings. The summed E-state index contributed by atoms with van der Waals surface area (Å²) in [7, 11) is 0. The van der Waals surface area contributed by atoms with Crippen LogP contribution in [0.1, 0.15) is 12.6 Å². The second-order valence-corrected chi connectivity index (χ2v) is 2.76. The van der Waals surface area contributed by atoms with Crippen LogP contribution in [-0.2, 0) is 0 Å². The summed E-state index contributed by atoms with van der Waals surface area (Å²) in [6.45, 7) is 3.47. The van der Waals surface area contributed by atoms with Crippen LogP contribution in [0.4, 0.5) is 5.69 Å². The van der Waals surface area contributed by atoms with E-state index in [0.29, 0.717) is 0 Å². The third kappa shape index (κ3) is 2.08. The third-order valence-electron chi connectivity index (χ3n) is 1.46. The number of hydrogen-bond acceptors (Lipinski definition) is 5. The Labute approximate surface area is 85.0 Å². The average molecular weight is 218 g/mol. The number of nitro groups is 1. The van der Waals surface area contributed by atoms with Gasteiger partial charge in [0, 0.05) is 0 Å². The molecule has 0 aliphatic heterocycles. The van der Waals surface area contributed by atoms with Crippen molar-refractivity contribution in [1.29, 1.82) is 0 Å². The molecule has 7 heteroatoms. The third-order valence-corrected chi connectivity index (χ3v) is 1.63. The van der Waals surface area contributed by atoms with Crippen molar-refractivity contribution < 1.29 is 9.66 Å². The number of nitrogens with zero attached hydrogens (tertiary/aromatic N) is 3. The quantitative estimate of drug-likeness (QED) is 0.438. The van der Waals surface area contributed by atoms with Gasteiger partial charge in [-0.25, -0.2) is 4.98 Å². The zero-order chi connectivity index (χ0) is 10.7. The Balaban J connectivity index is 3.28. The molecule has 0 unspecified atom stereocenters. The molecule has 0 amide bonds. The normalized spacial score (nSPS) is 9.93. The van der Waals surface area contributed by atoms with Crippen LogP contribution in [0.5, 0.6) is 5.88 Å². The smallest absolute Gasteiger partial charge is 0.352 e. The van der Waals surface area contributed by atoms with E-state index in [1.807, 2.05) is 0 Å². The Bertz CT molecular complexity index is 369. The maximum Gasteiger partial charge on any atom is 0.352 e. The molecule has 6 nitrogen and oxygen atoms in total. The molecule has 0 N–H and O–H groups in total. The van der Waals surface area contributed by atoms with Gasteiger partial charge in [0.2, 0.25) is 5.28 Å². The Morgan fingerprint density at radius 2 is 2.21 bits per heavy atom. The molecule has 0 atom stereocenters. The standard InChI is InChI=1S/C7H8ClN3O3/c1-3-14-6-5(11(12)13)4(2)9-7(8)10-6/h3H2,1-2H3. The zero-order valence-electron chi connectivity index (χ0n) is 7.65. The van der Waals surface area contributed by atoms with E-state index in [9.17, 15) is 10.1 Å². The minimum Gasteiger partial charge on any atom is -0.473 e. The molecule has 0 aliphatic carbocycles. The van der Waals surface area contributed by atoms with E-state index in [2.05, 4.69) is 9.97 Å². The van der Waals surface area contributed by atoms with Gasteiger partial charge in [-0.1, -0.05) is 0 Å². The van der Waals surface area contributed by atoms with Crippen LogP contribution < -0.4 is 4.74 Å². The van der Waals surface area contributed by atoms with Gasteiger partial charge in [-0.05, 0) is 25.4 Å². The van der Waals surface area contributed by atoms with Gasteiger partial charge in [0.15, 0.2) is 0 Å². The molecule has 1 heterocycles. The summed E-state index contributed by atoms with van der Waals surface area (Å²) in [5.74, 6) is -0.0880. The number of aromatic nitrogens is 2. The predicted octanol–water partition coefficient (Wildman–Crippen LogP) is 1.75. The van der Waals surface area contributed by atoms with Crippen LogP contribution in [0.15, 0.2) is 0 Å². The Morgan fingerprint density at radius 1 is 1.57 bits per heavy atom. The second kappa shape index (κ2) is 4.19. The van der Waals surface area contributed by atoms with E-state index in [0.717, 1.165) is 0 Å². The predicted molar refractivity (Wildman–Crippen MR) is 49.6 cm³/mol. The highest BCUT2D eigenvalue weighted by molar-refractivity contribution is 6.28. The fourth-order valence-corrected chi connectivity index (χ4v) is 1.16. The number of halogens is 1. The summed E-state index contributed by atoms with van der Waals surface area (Å²) in [4.78, 5) is 17.4. The van der Waals surface area contributed by atoms with Crippen LogP contribution in [0.2, 0.25) is 5.28 Å². The van der Waals surface area contributed by atoms with E-state index in [-0.39, 0.29) is 29.2 Å². The minimum absolute atomic E-state index is 0.0587. The maximum absolute atomic E-state index is 10.6.